The zero-order valence-electron chi connectivity index (χ0n) is 7.10. The van der Waals surface area contributed by atoms with Gasteiger partial charge in [-0.1, -0.05) is 6.07 Å². The van der Waals surface area contributed by atoms with E-state index in [0.717, 1.165) is 11.8 Å². The van der Waals surface area contributed by atoms with Crippen molar-refractivity contribution in [2.45, 2.75) is 6.92 Å². The maximum Gasteiger partial charge on any atom is 0.152 e. The first kappa shape index (κ1) is 7.98. The molecule has 0 fully saturated rings. The average Bonchev–Trinajstić information content (AvgIpc) is 2.56. The molecule has 3 heteroatoms. The highest BCUT2D eigenvalue weighted by atomic mass is 19.1. The van der Waals surface area contributed by atoms with Crippen LogP contribution < -0.4 is 0 Å². The normalized spacial score (nSPS) is 10.6. The fourth-order valence-corrected chi connectivity index (χ4v) is 1.51. The Labute approximate surface area is 74.4 Å². The van der Waals surface area contributed by atoms with Crippen molar-refractivity contribution in [2.75, 3.05) is 0 Å². The van der Waals surface area contributed by atoms with Crippen LogP contribution >= 0.6 is 0 Å². The summed E-state index contributed by atoms with van der Waals surface area (Å²) in [4.78, 5) is 13.3. The number of aryl methyl sites for hydroxylation is 1. The number of carbonyl (C=O) groups excluding carboxylic acids is 1. The van der Waals surface area contributed by atoms with Crippen LogP contribution in [0.3, 0.4) is 0 Å². The first-order valence-corrected chi connectivity index (χ1v) is 3.95. The molecule has 1 aromatic carbocycles. The van der Waals surface area contributed by atoms with Gasteiger partial charge in [-0.25, -0.2) is 4.39 Å². The molecule has 66 valence electrons. The lowest BCUT2D eigenvalue weighted by Gasteiger charge is -1.97. The topological polar surface area (TPSA) is 32.9 Å². The molecular formula is C10H8FNO. The van der Waals surface area contributed by atoms with E-state index in [0.29, 0.717) is 16.5 Å². The van der Waals surface area contributed by atoms with Gasteiger partial charge in [0.05, 0.1) is 5.52 Å². The lowest BCUT2D eigenvalue weighted by molar-refractivity contribution is 0.112. The summed E-state index contributed by atoms with van der Waals surface area (Å²) in [6.45, 7) is 1.85. The Bertz CT molecular complexity index is 473. The van der Waals surface area contributed by atoms with Crippen molar-refractivity contribution in [3.8, 4) is 0 Å². The van der Waals surface area contributed by atoms with Crippen molar-refractivity contribution in [1.82, 2.24) is 4.98 Å². The van der Waals surface area contributed by atoms with Gasteiger partial charge in [0.15, 0.2) is 6.29 Å². The van der Waals surface area contributed by atoms with Gasteiger partial charge in [-0.2, -0.15) is 0 Å². The summed E-state index contributed by atoms with van der Waals surface area (Å²) in [6, 6.07) is 3.06. The fourth-order valence-electron chi connectivity index (χ4n) is 1.51. The van der Waals surface area contributed by atoms with Crippen molar-refractivity contribution in [3.63, 3.8) is 0 Å². The Kier molecular flexibility index (Phi) is 1.65. The average molecular weight is 177 g/mol. The molecule has 2 aromatic rings. The standard InChI is InChI=1S/C10H8FNO/c1-6-2-3-8(11)10-9(6)7(5-13)4-12-10/h2-5,12H,1H3. The number of fused-ring (bicyclic) bond motifs is 1. The molecule has 0 amide bonds. The maximum absolute atomic E-state index is 13.2. The van der Waals surface area contributed by atoms with Gasteiger partial charge in [0.25, 0.3) is 0 Å². The molecule has 13 heavy (non-hydrogen) atoms. The number of rotatable bonds is 1. The predicted molar refractivity (Wildman–Crippen MR) is 48.4 cm³/mol. The summed E-state index contributed by atoms with van der Waals surface area (Å²) in [5.74, 6) is -0.325. The van der Waals surface area contributed by atoms with Crippen LogP contribution in [0.25, 0.3) is 10.9 Å². The van der Waals surface area contributed by atoms with E-state index in [-0.39, 0.29) is 5.82 Å². The van der Waals surface area contributed by atoms with Gasteiger partial charge in [0.1, 0.15) is 5.82 Å². The van der Waals surface area contributed by atoms with E-state index in [4.69, 9.17) is 0 Å². The van der Waals surface area contributed by atoms with Crippen molar-refractivity contribution < 1.29 is 9.18 Å². The molecule has 0 aliphatic carbocycles. The Morgan fingerprint density at radius 3 is 2.92 bits per heavy atom. The number of nitrogens with one attached hydrogen (secondary N) is 1. The van der Waals surface area contributed by atoms with Gasteiger partial charge in [0, 0.05) is 17.1 Å². The second kappa shape index (κ2) is 2.69. The Morgan fingerprint density at radius 1 is 1.46 bits per heavy atom. The molecule has 0 aliphatic heterocycles. The number of H-pyrrole nitrogens is 1. The molecule has 1 N–H and O–H groups in total. The van der Waals surface area contributed by atoms with Gasteiger partial charge in [0.2, 0.25) is 0 Å². The zero-order chi connectivity index (χ0) is 9.42. The highest BCUT2D eigenvalue weighted by Gasteiger charge is 2.08. The minimum Gasteiger partial charge on any atom is -0.358 e. The van der Waals surface area contributed by atoms with Crippen molar-refractivity contribution in [1.29, 1.82) is 0 Å². The largest absolute Gasteiger partial charge is 0.358 e. The number of aromatic nitrogens is 1. The maximum atomic E-state index is 13.2. The first-order valence-electron chi connectivity index (χ1n) is 3.95. The third-order valence-corrected chi connectivity index (χ3v) is 2.15. The summed E-state index contributed by atoms with van der Waals surface area (Å²) < 4.78 is 13.2. The van der Waals surface area contributed by atoms with Crippen LogP contribution in [0.2, 0.25) is 0 Å². The van der Waals surface area contributed by atoms with Crippen LogP contribution in [0.5, 0.6) is 0 Å². The first-order chi connectivity index (χ1) is 6.24. The fraction of sp³-hybridized carbons (Fsp3) is 0.100. The number of hydrogen-bond acceptors (Lipinski definition) is 1. The summed E-state index contributed by atoms with van der Waals surface area (Å²) in [7, 11) is 0. The van der Waals surface area contributed by atoms with Gasteiger partial charge in [-0.3, -0.25) is 4.79 Å². The van der Waals surface area contributed by atoms with Crippen LogP contribution in [-0.2, 0) is 0 Å². The van der Waals surface area contributed by atoms with Crippen LogP contribution in [0.15, 0.2) is 18.3 Å². The van der Waals surface area contributed by atoms with Crippen LogP contribution in [0, 0.1) is 12.7 Å². The molecule has 0 unspecified atom stereocenters. The van der Waals surface area contributed by atoms with E-state index in [1.54, 1.807) is 6.07 Å². The highest BCUT2D eigenvalue weighted by Crippen LogP contribution is 2.23. The van der Waals surface area contributed by atoms with E-state index < -0.39 is 0 Å². The molecule has 0 saturated heterocycles. The number of benzene rings is 1. The lowest BCUT2D eigenvalue weighted by Crippen LogP contribution is -1.83. The number of hydrogen-bond donors (Lipinski definition) is 1. The minimum atomic E-state index is -0.325. The van der Waals surface area contributed by atoms with Gasteiger partial charge in [-0.05, 0) is 18.6 Å². The molecule has 2 nitrogen and oxygen atoms in total. The van der Waals surface area contributed by atoms with Crippen molar-refractivity contribution >= 4 is 17.2 Å². The lowest BCUT2D eigenvalue weighted by atomic mass is 10.1. The zero-order valence-corrected chi connectivity index (χ0v) is 7.10. The summed E-state index contributed by atoms with van der Waals surface area (Å²) >= 11 is 0. The molecular weight excluding hydrogens is 169 g/mol. The van der Waals surface area contributed by atoms with Crippen LogP contribution in [0.1, 0.15) is 15.9 Å². The highest BCUT2D eigenvalue weighted by molar-refractivity contribution is 5.99. The Balaban J connectivity index is 2.95. The molecule has 1 aromatic heterocycles. The van der Waals surface area contributed by atoms with E-state index in [1.165, 1.54) is 12.3 Å². The number of carbonyl (C=O) groups is 1. The molecule has 0 aliphatic rings. The second-order valence-electron chi connectivity index (χ2n) is 2.98. The van der Waals surface area contributed by atoms with Crippen molar-refractivity contribution in [2.24, 2.45) is 0 Å². The van der Waals surface area contributed by atoms with Gasteiger partial charge in [-0.15, -0.1) is 0 Å². The van der Waals surface area contributed by atoms with E-state index >= 15 is 0 Å². The van der Waals surface area contributed by atoms with Crippen molar-refractivity contribution in [3.05, 3.63) is 35.3 Å². The smallest absolute Gasteiger partial charge is 0.152 e. The number of halogens is 1. The molecule has 0 saturated carbocycles. The van der Waals surface area contributed by atoms with Gasteiger partial charge >= 0.3 is 0 Å². The third kappa shape index (κ3) is 1.04. The van der Waals surface area contributed by atoms with E-state index in [9.17, 15) is 9.18 Å². The second-order valence-corrected chi connectivity index (χ2v) is 2.98. The van der Waals surface area contributed by atoms with Crippen LogP contribution in [-0.4, -0.2) is 11.3 Å². The number of aromatic amines is 1. The summed E-state index contributed by atoms with van der Waals surface area (Å²) in [5.41, 5.74) is 1.81. The Morgan fingerprint density at radius 2 is 2.23 bits per heavy atom. The third-order valence-electron chi connectivity index (χ3n) is 2.15. The molecule has 0 bridgehead atoms. The van der Waals surface area contributed by atoms with E-state index in [2.05, 4.69) is 4.98 Å². The summed E-state index contributed by atoms with van der Waals surface area (Å²) in [6.07, 6.45) is 2.25. The molecule has 1 heterocycles. The minimum absolute atomic E-state index is 0.325. The predicted octanol–water partition coefficient (Wildman–Crippen LogP) is 2.43. The molecule has 0 spiro atoms. The SMILES string of the molecule is Cc1ccc(F)c2[nH]cc(C=O)c12. The Hall–Kier alpha value is -1.64. The number of aldehydes is 1. The molecule has 2 rings (SSSR count). The molecule has 0 radical (unpaired) electrons. The summed E-state index contributed by atoms with van der Waals surface area (Å²) in [5, 5.41) is 0.676. The van der Waals surface area contributed by atoms with Gasteiger partial charge < -0.3 is 4.98 Å². The quantitative estimate of drug-likeness (QED) is 0.666. The van der Waals surface area contributed by atoms with E-state index in [1.807, 2.05) is 6.92 Å². The monoisotopic (exact) mass is 177 g/mol. The molecule has 0 atom stereocenters. The van der Waals surface area contributed by atoms with Crippen LogP contribution in [0.4, 0.5) is 4.39 Å².